The first-order valence-electron chi connectivity index (χ1n) is 7.48. The lowest BCUT2D eigenvalue weighted by Crippen LogP contribution is -2.25. The van der Waals surface area contributed by atoms with Gasteiger partial charge >= 0.3 is 0 Å². The maximum atomic E-state index is 12.0. The van der Waals surface area contributed by atoms with Crippen molar-refractivity contribution in [3.05, 3.63) is 47.8 Å². The second-order valence-corrected chi connectivity index (χ2v) is 5.41. The van der Waals surface area contributed by atoms with Crippen LogP contribution in [0.4, 0.5) is 0 Å². The summed E-state index contributed by atoms with van der Waals surface area (Å²) < 4.78 is 12.8. The third kappa shape index (κ3) is 3.71. The number of ether oxygens (including phenoxy) is 2. The predicted octanol–water partition coefficient (Wildman–Crippen LogP) is 2.08. The Bertz CT molecular complexity index is 736. The van der Waals surface area contributed by atoms with E-state index in [2.05, 4.69) is 10.4 Å². The maximum Gasteiger partial charge on any atom is 0.244 e. The van der Waals surface area contributed by atoms with Gasteiger partial charge in [0.25, 0.3) is 0 Å². The molecular formula is C17H19N3O3. The fourth-order valence-electron chi connectivity index (χ4n) is 2.37. The van der Waals surface area contributed by atoms with E-state index in [0.29, 0.717) is 13.2 Å². The van der Waals surface area contributed by atoms with Gasteiger partial charge in [0.15, 0.2) is 11.5 Å². The molecule has 0 saturated heterocycles. The zero-order valence-electron chi connectivity index (χ0n) is 13.2. The molecule has 0 aliphatic carbocycles. The first-order valence-corrected chi connectivity index (χ1v) is 7.48. The van der Waals surface area contributed by atoms with Crippen LogP contribution in [-0.2, 0) is 11.8 Å². The Balaban J connectivity index is 1.63. The molecule has 6 nitrogen and oxygen atoms in total. The maximum absolute atomic E-state index is 12.0. The molecule has 1 aromatic carbocycles. The van der Waals surface area contributed by atoms with Crippen molar-refractivity contribution in [2.75, 3.05) is 13.2 Å². The molecule has 0 unspecified atom stereocenters. The van der Waals surface area contributed by atoms with Crippen LogP contribution >= 0.6 is 0 Å². The molecule has 6 heteroatoms. The number of rotatable bonds is 4. The summed E-state index contributed by atoms with van der Waals surface area (Å²) in [5.74, 6) is 1.31. The second kappa shape index (κ2) is 6.56. The quantitative estimate of drug-likeness (QED) is 0.878. The molecule has 0 radical (unpaired) electrons. The summed E-state index contributed by atoms with van der Waals surface area (Å²) in [6.07, 6.45) is 6.78. The van der Waals surface area contributed by atoms with Gasteiger partial charge in [-0.1, -0.05) is 6.07 Å². The van der Waals surface area contributed by atoms with Crippen LogP contribution in [0.1, 0.15) is 24.1 Å². The lowest BCUT2D eigenvalue weighted by Gasteiger charge is -2.20. The van der Waals surface area contributed by atoms with E-state index in [0.717, 1.165) is 22.6 Å². The Morgan fingerprint density at radius 2 is 2.13 bits per heavy atom. The van der Waals surface area contributed by atoms with Gasteiger partial charge in [0, 0.05) is 24.9 Å². The van der Waals surface area contributed by atoms with Gasteiger partial charge in [-0.3, -0.25) is 9.48 Å². The SMILES string of the molecule is C[C@H](NC(=O)/C=C/c1cnn(C)c1)c1ccc2c(c1)OCCO2. The molecular weight excluding hydrogens is 294 g/mol. The second-order valence-electron chi connectivity index (χ2n) is 5.41. The number of aromatic nitrogens is 2. The molecule has 1 aliphatic heterocycles. The minimum Gasteiger partial charge on any atom is -0.486 e. The largest absolute Gasteiger partial charge is 0.486 e. The minimum absolute atomic E-state index is 0.128. The van der Waals surface area contributed by atoms with Crippen LogP contribution in [0.2, 0.25) is 0 Å². The van der Waals surface area contributed by atoms with E-state index in [-0.39, 0.29) is 11.9 Å². The number of hydrogen-bond acceptors (Lipinski definition) is 4. The average molecular weight is 313 g/mol. The standard InChI is InChI=1S/C17H19N3O3/c1-12(14-4-5-15-16(9-14)23-8-7-22-15)19-17(21)6-3-13-10-18-20(2)11-13/h3-6,9-12H,7-8H2,1-2H3,(H,19,21)/b6-3+/t12-/m0/s1. The number of benzene rings is 1. The van der Waals surface area contributed by atoms with E-state index in [1.54, 1.807) is 17.0 Å². The Morgan fingerprint density at radius 1 is 1.35 bits per heavy atom. The van der Waals surface area contributed by atoms with E-state index in [1.165, 1.54) is 6.08 Å². The third-order valence-electron chi connectivity index (χ3n) is 3.58. The fourth-order valence-corrected chi connectivity index (χ4v) is 2.37. The van der Waals surface area contributed by atoms with E-state index >= 15 is 0 Å². The van der Waals surface area contributed by atoms with Gasteiger partial charge in [0.1, 0.15) is 13.2 Å². The summed E-state index contributed by atoms with van der Waals surface area (Å²) in [5.41, 5.74) is 1.85. The van der Waals surface area contributed by atoms with Crippen LogP contribution < -0.4 is 14.8 Å². The molecule has 1 atom stereocenters. The Morgan fingerprint density at radius 3 is 2.87 bits per heavy atom. The van der Waals surface area contributed by atoms with E-state index in [9.17, 15) is 4.79 Å². The topological polar surface area (TPSA) is 65.4 Å². The molecule has 1 amide bonds. The molecule has 0 spiro atoms. The van der Waals surface area contributed by atoms with Crippen LogP contribution in [0.15, 0.2) is 36.7 Å². The summed E-state index contributed by atoms with van der Waals surface area (Å²) in [7, 11) is 1.83. The van der Waals surface area contributed by atoms with Crippen molar-refractivity contribution in [1.29, 1.82) is 0 Å². The smallest absolute Gasteiger partial charge is 0.244 e. The van der Waals surface area contributed by atoms with Crippen LogP contribution in [0, 0.1) is 0 Å². The molecule has 2 aromatic rings. The van der Waals surface area contributed by atoms with Crippen LogP contribution in [0.3, 0.4) is 0 Å². The van der Waals surface area contributed by atoms with Gasteiger partial charge in [-0.15, -0.1) is 0 Å². The first kappa shape index (κ1) is 15.1. The Hall–Kier alpha value is -2.76. The Kier molecular flexibility index (Phi) is 4.32. The number of nitrogens with one attached hydrogen (secondary N) is 1. The monoisotopic (exact) mass is 313 g/mol. The van der Waals surface area contributed by atoms with Gasteiger partial charge in [0.2, 0.25) is 5.91 Å². The summed E-state index contributed by atoms with van der Waals surface area (Å²) in [6, 6.07) is 5.59. The van der Waals surface area contributed by atoms with Crippen molar-refractivity contribution in [2.24, 2.45) is 7.05 Å². The van der Waals surface area contributed by atoms with Crippen molar-refractivity contribution in [3.8, 4) is 11.5 Å². The third-order valence-corrected chi connectivity index (χ3v) is 3.58. The highest BCUT2D eigenvalue weighted by Crippen LogP contribution is 2.32. The van der Waals surface area contributed by atoms with Crippen molar-refractivity contribution >= 4 is 12.0 Å². The molecule has 3 rings (SSSR count). The highest BCUT2D eigenvalue weighted by Gasteiger charge is 2.15. The van der Waals surface area contributed by atoms with Crippen molar-refractivity contribution < 1.29 is 14.3 Å². The summed E-state index contributed by atoms with van der Waals surface area (Å²) >= 11 is 0. The number of carbonyl (C=O) groups excluding carboxylic acids is 1. The normalized spacial score (nSPS) is 14.7. The molecule has 0 saturated carbocycles. The number of hydrogen-bond donors (Lipinski definition) is 1. The van der Waals surface area contributed by atoms with Gasteiger partial charge in [-0.25, -0.2) is 0 Å². The average Bonchev–Trinajstić information content (AvgIpc) is 2.98. The molecule has 1 N–H and O–H groups in total. The van der Waals surface area contributed by atoms with Crippen LogP contribution in [0.25, 0.3) is 6.08 Å². The van der Waals surface area contributed by atoms with Crippen LogP contribution in [0.5, 0.6) is 11.5 Å². The van der Waals surface area contributed by atoms with Crippen molar-refractivity contribution in [2.45, 2.75) is 13.0 Å². The number of aryl methyl sites for hydroxylation is 1. The molecule has 23 heavy (non-hydrogen) atoms. The van der Waals surface area contributed by atoms with Gasteiger partial charge < -0.3 is 14.8 Å². The van der Waals surface area contributed by atoms with E-state index < -0.39 is 0 Å². The zero-order valence-corrected chi connectivity index (χ0v) is 13.2. The predicted molar refractivity (Wildman–Crippen MR) is 86.2 cm³/mol. The number of carbonyl (C=O) groups is 1. The molecule has 0 bridgehead atoms. The number of amides is 1. The Labute approximate surface area is 134 Å². The molecule has 120 valence electrons. The summed E-state index contributed by atoms with van der Waals surface area (Å²) in [6.45, 7) is 3.05. The highest BCUT2D eigenvalue weighted by molar-refractivity contribution is 5.91. The molecule has 0 fully saturated rings. The van der Waals surface area contributed by atoms with Crippen molar-refractivity contribution in [3.63, 3.8) is 0 Å². The van der Waals surface area contributed by atoms with Gasteiger partial charge in [-0.05, 0) is 30.7 Å². The first-order chi connectivity index (χ1) is 11.1. The van der Waals surface area contributed by atoms with Gasteiger partial charge in [-0.2, -0.15) is 5.10 Å². The highest BCUT2D eigenvalue weighted by atomic mass is 16.6. The van der Waals surface area contributed by atoms with Gasteiger partial charge in [0.05, 0.1) is 12.2 Å². The fraction of sp³-hybridized carbons (Fsp3) is 0.294. The number of nitrogens with zero attached hydrogens (tertiary/aromatic N) is 2. The zero-order chi connectivity index (χ0) is 16.2. The minimum atomic E-state index is -0.156. The van der Waals surface area contributed by atoms with E-state index in [4.69, 9.17) is 9.47 Å². The summed E-state index contributed by atoms with van der Waals surface area (Å²) in [5, 5.41) is 6.98. The van der Waals surface area contributed by atoms with E-state index in [1.807, 2.05) is 38.4 Å². The van der Waals surface area contributed by atoms with Crippen LogP contribution in [-0.4, -0.2) is 28.9 Å². The van der Waals surface area contributed by atoms with Crippen molar-refractivity contribution in [1.82, 2.24) is 15.1 Å². The lowest BCUT2D eigenvalue weighted by molar-refractivity contribution is -0.117. The number of fused-ring (bicyclic) bond motifs is 1. The summed E-state index contributed by atoms with van der Waals surface area (Å²) in [4.78, 5) is 12.0. The molecule has 1 aromatic heterocycles. The molecule has 1 aliphatic rings. The molecule has 2 heterocycles. The lowest BCUT2D eigenvalue weighted by atomic mass is 10.1.